The first-order valence-corrected chi connectivity index (χ1v) is 6.19. The van der Waals surface area contributed by atoms with Gasteiger partial charge in [0.15, 0.2) is 6.29 Å². The number of carbonyl (C=O) groups excluding carboxylic acids is 1. The Balaban J connectivity index is 2.08. The Hall–Kier alpha value is -2.42. The molecule has 0 saturated carbocycles. The third kappa shape index (κ3) is 4.39. The number of hydrogen-bond acceptors (Lipinski definition) is 3. The molecule has 0 radical (unpaired) electrons. The van der Waals surface area contributed by atoms with Crippen molar-refractivity contribution in [1.82, 2.24) is 5.01 Å². The van der Waals surface area contributed by atoms with E-state index in [-0.39, 0.29) is 0 Å². The van der Waals surface area contributed by atoms with E-state index in [1.54, 1.807) is 0 Å². The van der Waals surface area contributed by atoms with Gasteiger partial charge in [0.25, 0.3) is 0 Å². The molecule has 0 spiro atoms. The van der Waals surface area contributed by atoms with Crippen molar-refractivity contribution in [2.45, 2.75) is 13.1 Å². The lowest BCUT2D eigenvalue weighted by Crippen LogP contribution is -2.17. The second-order valence-corrected chi connectivity index (χ2v) is 4.19. The summed E-state index contributed by atoms with van der Waals surface area (Å²) in [5.41, 5.74) is 2.34. The number of hydrogen-bond donors (Lipinski definition) is 0. The summed E-state index contributed by atoms with van der Waals surface area (Å²) in [6.07, 6.45) is 1.98. The van der Waals surface area contributed by atoms with Crippen LogP contribution < -0.4 is 0 Å². The molecular formula is C16H16N2O. The molecule has 0 unspecified atom stereocenters. The highest BCUT2D eigenvalue weighted by Gasteiger charge is 2.03. The largest absolute Gasteiger partial charge is 0.297 e. The quantitative estimate of drug-likeness (QED) is 0.450. The molecule has 0 aromatic heterocycles. The Kier molecular flexibility index (Phi) is 4.87. The maximum atomic E-state index is 10.4. The third-order valence-corrected chi connectivity index (χ3v) is 2.71. The van der Waals surface area contributed by atoms with E-state index in [0.29, 0.717) is 19.4 Å². The van der Waals surface area contributed by atoms with Crippen LogP contribution in [0.1, 0.15) is 11.1 Å². The van der Waals surface area contributed by atoms with Crippen LogP contribution in [-0.2, 0) is 17.9 Å². The maximum Gasteiger partial charge on any atom is 0.162 e. The first-order chi connectivity index (χ1) is 9.38. The molecule has 0 heterocycles. The molecule has 0 fully saturated rings. The number of hydrazone groups is 1. The highest BCUT2D eigenvalue weighted by Crippen LogP contribution is 2.09. The van der Waals surface area contributed by atoms with Crippen LogP contribution in [-0.4, -0.2) is 17.5 Å². The zero-order valence-corrected chi connectivity index (χ0v) is 10.6. The molecule has 0 aliphatic heterocycles. The van der Waals surface area contributed by atoms with E-state index < -0.39 is 0 Å². The number of rotatable bonds is 6. The topological polar surface area (TPSA) is 32.7 Å². The van der Waals surface area contributed by atoms with Gasteiger partial charge in [0.1, 0.15) is 0 Å². The monoisotopic (exact) mass is 252 g/mol. The van der Waals surface area contributed by atoms with E-state index in [4.69, 9.17) is 0 Å². The van der Waals surface area contributed by atoms with Crippen molar-refractivity contribution in [3.63, 3.8) is 0 Å². The molecule has 19 heavy (non-hydrogen) atoms. The number of benzene rings is 2. The van der Waals surface area contributed by atoms with E-state index in [1.165, 1.54) is 17.3 Å². The zero-order chi connectivity index (χ0) is 13.3. The third-order valence-electron chi connectivity index (χ3n) is 2.71. The van der Waals surface area contributed by atoms with Gasteiger partial charge in [-0.05, 0) is 11.1 Å². The molecule has 0 amide bonds. The average molecular weight is 252 g/mol. The number of carbonyl (C=O) groups is 1. The summed E-state index contributed by atoms with van der Waals surface area (Å²) in [5.74, 6) is 0. The smallest absolute Gasteiger partial charge is 0.162 e. The van der Waals surface area contributed by atoms with E-state index in [1.807, 2.05) is 41.4 Å². The van der Waals surface area contributed by atoms with Crippen molar-refractivity contribution in [2.24, 2.45) is 5.10 Å². The van der Waals surface area contributed by atoms with Crippen LogP contribution in [0, 0.1) is 0 Å². The second kappa shape index (κ2) is 7.11. The van der Waals surface area contributed by atoms with Crippen LogP contribution in [0.25, 0.3) is 0 Å². The Morgan fingerprint density at radius 3 is 1.74 bits per heavy atom. The van der Waals surface area contributed by atoms with Crippen LogP contribution >= 0.6 is 0 Å². The van der Waals surface area contributed by atoms with Crippen molar-refractivity contribution in [3.05, 3.63) is 71.8 Å². The summed E-state index contributed by atoms with van der Waals surface area (Å²) < 4.78 is 0. The molecule has 3 nitrogen and oxygen atoms in total. The minimum atomic E-state index is 0.681. The molecule has 2 rings (SSSR count). The summed E-state index contributed by atoms with van der Waals surface area (Å²) >= 11 is 0. The minimum Gasteiger partial charge on any atom is -0.297 e. The highest BCUT2D eigenvalue weighted by atomic mass is 16.1. The standard InChI is InChI=1S/C16H16N2O/c19-12-11-17-18(13-15-7-3-1-4-8-15)14-16-9-5-2-6-10-16/h1-12H,13-14H2. The fourth-order valence-corrected chi connectivity index (χ4v) is 1.85. The molecule has 0 bridgehead atoms. The van der Waals surface area contributed by atoms with Gasteiger partial charge in [0.2, 0.25) is 0 Å². The Morgan fingerprint density at radius 2 is 1.32 bits per heavy atom. The van der Waals surface area contributed by atoms with Gasteiger partial charge >= 0.3 is 0 Å². The van der Waals surface area contributed by atoms with Gasteiger partial charge in [-0.1, -0.05) is 60.7 Å². The van der Waals surface area contributed by atoms with Gasteiger partial charge in [0, 0.05) is 0 Å². The molecule has 2 aromatic carbocycles. The highest BCUT2D eigenvalue weighted by molar-refractivity contribution is 6.12. The molecule has 2 aromatic rings. The molecule has 0 aliphatic carbocycles. The fourth-order valence-electron chi connectivity index (χ4n) is 1.85. The Bertz CT molecular complexity index is 481. The molecule has 0 atom stereocenters. The van der Waals surface area contributed by atoms with Gasteiger partial charge in [-0.3, -0.25) is 9.80 Å². The summed E-state index contributed by atoms with van der Waals surface area (Å²) in [6, 6.07) is 20.2. The number of aldehydes is 1. The van der Waals surface area contributed by atoms with Crippen molar-refractivity contribution in [1.29, 1.82) is 0 Å². The van der Waals surface area contributed by atoms with Gasteiger partial charge in [-0.25, -0.2) is 0 Å². The molecule has 0 saturated heterocycles. The summed E-state index contributed by atoms with van der Waals surface area (Å²) in [6.45, 7) is 1.36. The lowest BCUT2D eigenvalue weighted by molar-refractivity contribution is -0.102. The predicted octanol–water partition coefficient (Wildman–Crippen LogP) is 2.87. The van der Waals surface area contributed by atoms with Crippen LogP contribution in [0.5, 0.6) is 0 Å². The number of nitrogens with zero attached hydrogens (tertiary/aromatic N) is 2. The van der Waals surface area contributed by atoms with Gasteiger partial charge in [-0.15, -0.1) is 0 Å². The summed E-state index contributed by atoms with van der Waals surface area (Å²) in [4.78, 5) is 10.4. The minimum absolute atomic E-state index is 0.681. The molecule has 0 aliphatic rings. The first kappa shape index (κ1) is 13.0. The molecule has 3 heteroatoms. The average Bonchev–Trinajstić information content (AvgIpc) is 2.47. The zero-order valence-electron chi connectivity index (χ0n) is 10.6. The lowest BCUT2D eigenvalue weighted by atomic mass is 10.2. The molecular weight excluding hydrogens is 236 g/mol. The van der Waals surface area contributed by atoms with Crippen molar-refractivity contribution in [2.75, 3.05) is 0 Å². The summed E-state index contributed by atoms with van der Waals surface area (Å²) in [7, 11) is 0. The lowest BCUT2D eigenvalue weighted by Gasteiger charge is -2.19. The molecule has 96 valence electrons. The van der Waals surface area contributed by atoms with Gasteiger partial charge in [0.05, 0.1) is 19.3 Å². The van der Waals surface area contributed by atoms with Gasteiger partial charge in [-0.2, -0.15) is 5.10 Å². The van der Waals surface area contributed by atoms with Crippen LogP contribution in [0.4, 0.5) is 0 Å². The van der Waals surface area contributed by atoms with E-state index in [9.17, 15) is 4.79 Å². The maximum absolute atomic E-state index is 10.4. The Labute approximate surface area is 113 Å². The first-order valence-electron chi connectivity index (χ1n) is 6.19. The van der Waals surface area contributed by atoms with E-state index >= 15 is 0 Å². The fraction of sp³-hybridized carbons (Fsp3) is 0.125. The van der Waals surface area contributed by atoms with Gasteiger partial charge < -0.3 is 0 Å². The van der Waals surface area contributed by atoms with Crippen molar-refractivity contribution < 1.29 is 4.79 Å². The Morgan fingerprint density at radius 1 is 0.842 bits per heavy atom. The second-order valence-electron chi connectivity index (χ2n) is 4.19. The van der Waals surface area contributed by atoms with Crippen LogP contribution in [0.2, 0.25) is 0 Å². The molecule has 0 N–H and O–H groups in total. The predicted molar refractivity (Wildman–Crippen MR) is 76.7 cm³/mol. The van der Waals surface area contributed by atoms with Crippen molar-refractivity contribution >= 4 is 12.5 Å². The summed E-state index contributed by atoms with van der Waals surface area (Å²) in [5, 5.41) is 6.05. The van der Waals surface area contributed by atoms with Crippen LogP contribution in [0.3, 0.4) is 0 Å². The van der Waals surface area contributed by atoms with Crippen molar-refractivity contribution in [3.8, 4) is 0 Å². The SMILES string of the molecule is O=CC=NN(Cc1ccccc1)Cc1ccccc1. The van der Waals surface area contributed by atoms with Crippen LogP contribution in [0.15, 0.2) is 65.8 Å². The van der Waals surface area contributed by atoms with E-state index in [0.717, 1.165) is 0 Å². The normalized spacial score (nSPS) is 10.5. The van der Waals surface area contributed by atoms with E-state index in [2.05, 4.69) is 29.4 Å².